The maximum atomic E-state index is 12.8. The molecule has 3 aromatic rings. The molecule has 0 unspecified atom stereocenters. The Morgan fingerprint density at radius 2 is 1.69 bits per heavy atom. The highest BCUT2D eigenvalue weighted by Gasteiger charge is 2.30. The minimum atomic E-state index is -3.24. The van der Waals surface area contributed by atoms with Gasteiger partial charge in [-0.3, -0.25) is 9.78 Å². The average Bonchev–Trinajstić information content (AvgIpc) is 2.89. The van der Waals surface area contributed by atoms with Crippen LogP contribution >= 0.6 is 0 Å². The molecule has 36 heavy (non-hydrogen) atoms. The zero-order chi connectivity index (χ0) is 25.1. The summed E-state index contributed by atoms with van der Waals surface area (Å²) in [7, 11) is -3.24. The number of hydrogen-bond donors (Lipinski definition) is 2. The minimum Gasteiger partial charge on any atom is -0.381 e. The maximum Gasteiger partial charge on any atom is 0.223 e. The Morgan fingerprint density at radius 1 is 0.972 bits per heavy atom. The van der Waals surface area contributed by atoms with E-state index in [1.165, 1.54) is 6.26 Å². The van der Waals surface area contributed by atoms with E-state index in [0.717, 1.165) is 73.9 Å². The summed E-state index contributed by atoms with van der Waals surface area (Å²) in [5.74, 6) is 1.22. The fraction of sp³-hybridized carbons (Fsp3) is 0.444. The van der Waals surface area contributed by atoms with Crippen LogP contribution in [-0.4, -0.2) is 49.8 Å². The lowest BCUT2D eigenvalue weighted by molar-refractivity contribution is -0.127. The number of pyridine rings is 2. The van der Waals surface area contributed by atoms with Gasteiger partial charge in [0.05, 0.1) is 10.6 Å². The van der Waals surface area contributed by atoms with Crippen molar-refractivity contribution in [3.63, 3.8) is 0 Å². The van der Waals surface area contributed by atoms with E-state index in [1.807, 2.05) is 24.5 Å². The Labute approximate surface area is 211 Å². The minimum absolute atomic E-state index is 0.0628. The second kappa shape index (κ2) is 10.5. The SMILES string of the molecule is CS(=O)(=O)c1ccc(Nc2cc3c(C4CCC(C(=O)NC5CCOCC5)CC4)nccc3cn2)cc1. The maximum absolute atomic E-state index is 12.8. The number of ether oxygens (including phenoxy) is 1. The van der Waals surface area contributed by atoms with E-state index in [9.17, 15) is 13.2 Å². The number of amides is 1. The van der Waals surface area contributed by atoms with Crippen LogP contribution in [0.15, 0.2) is 53.7 Å². The van der Waals surface area contributed by atoms with E-state index in [4.69, 9.17) is 9.72 Å². The van der Waals surface area contributed by atoms with E-state index in [2.05, 4.69) is 15.6 Å². The number of carbonyl (C=O) groups is 1. The van der Waals surface area contributed by atoms with Crippen LogP contribution in [0.4, 0.5) is 11.5 Å². The molecule has 2 fully saturated rings. The molecule has 1 aliphatic heterocycles. The van der Waals surface area contributed by atoms with Crippen LogP contribution in [0, 0.1) is 5.92 Å². The number of aromatic nitrogens is 2. The zero-order valence-electron chi connectivity index (χ0n) is 20.4. The first-order valence-corrected chi connectivity index (χ1v) is 14.5. The van der Waals surface area contributed by atoms with Crippen molar-refractivity contribution in [3.05, 3.63) is 54.5 Å². The highest BCUT2D eigenvalue weighted by molar-refractivity contribution is 7.90. The summed E-state index contributed by atoms with van der Waals surface area (Å²) in [6.45, 7) is 1.45. The summed E-state index contributed by atoms with van der Waals surface area (Å²) in [4.78, 5) is 22.4. The van der Waals surface area contributed by atoms with Crippen molar-refractivity contribution >= 4 is 38.0 Å². The van der Waals surface area contributed by atoms with Crippen LogP contribution < -0.4 is 10.6 Å². The molecule has 3 heterocycles. The molecule has 5 rings (SSSR count). The number of benzene rings is 1. The Bertz CT molecular complexity index is 1330. The fourth-order valence-corrected chi connectivity index (χ4v) is 5.84. The van der Waals surface area contributed by atoms with Crippen molar-refractivity contribution in [2.24, 2.45) is 5.92 Å². The van der Waals surface area contributed by atoms with E-state index >= 15 is 0 Å². The van der Waals surface area contributed by atoms with E-state index in [1.54, 1.807) is 24.3 Å². The highest BCUT2D eigenvalue weighted by Crippen LogP contribution is 2.38. The molecular weight excluding hydrogens is 476 g/mol. The second-order valence-corrected chi connectivity index (χ2v) is 11.9. The third-order valence-corrected chi connectivity index (χ3v) is 8.41. The zero-order valence-corrected chi connectivity index (χ0v) is 21.3. The molecule has 0 atom stereocenters. The standard InChI is InChI=1S/C27H32N4O4S/c1-36(33,34)23-8-6-21(7-9-23)30-25-16-24-20(17-29-25)10-13-28-26(24)18-2-4-19(5-3-18)27(32)31-22-11-14-35-15-12-22/h6-10,13,16-19,22H,2-5,11-12,14-15H2,1H3,(H,29,30)(H,31,32). The second-order valence-electron chi connectivity index (χ2n) is 9.85. The van der Waals surface area contributed by atoms with Crippen LogP contribution in [-0.2, 0) is 19.4 Å². The molecule has 1 aliphatic carbocycles. The first-order chi connectivity index (χ1) is 17.4. The number of anilines is 2. The number of fused-ring (bicyclic) bond motifs is 1. The summed E-state index contributed by atoms with van der Waals surface area (Å²) < 4.78 is 28.8. The van der Waals surface area contributed by atoms with Crippen LogP contribution in [0.3, 0.4) is 0 Å². The predicted molar refractivity (Wildman–Crippen MR) is 139 cm³/mol. The number of nitrogens with zero attached hydrogens (tertiary/aromatic N) is 2. The van der Waals surface area contributed by atoms with Crippen LogP contribution in [0.1, 0.15) is 50.1 Å². The number of sulfone groups is 1. The lowest BCUT2D eigenvalue weighted by atomic mass is 9.79. The van der Waals surface area contributed by atoms with E-state index < -0.39 is 9.84 Å². The third-order valence-electron chi connectivity index (χ3n) is 7.29. The largest absolute Gasteiger partial charge is 0.381 e. The molecule has 190 valence electrons. The van der Waals surface area contributed by atoms with E-state index in [-0.39, 0.29) is 22.8 Å². The number of rotatable bonds is 6. The summed E-state index contributed by atoms with van der Waals surface area (Å²) in [5, 5.41) is 8.58. The van der Waals surface area contributed by atoms with Gasteiger partial charge in [-0.1, -0.05) is 0 Å². The Balaban J connectivity index is 1.27. The molecule has 8 nitrogen and oxygen atoms in total. The van der Waals surface area contributed by atoms with Crippen molar-refractivity contribution in [1.29, 1.82) is 0 Å². The van der Waals surface area contributed by atoms with Crippen molar-refractivity contribution in [3.8, 4) is 0 Å². The molecular formula is C27H32N4O4S. The van der Waals surface area contributed by atoms with Crippen molar-refractivity contribution in [2.75, 3.05) is 24.8 Å². The van der Waals surface area contributed by atoms with Gasteiger partial charge in [-0.05, 0) is 74.9 Å². The van der Waals surface area contributed by atoms with Gasteiger partial charge >= 0.3 is 0 Å². The fourth-order valence-electron chi connectivity index (χ4n) is 5.21. The quantitative estimate of drug-likeness (QED) is 0.509. The molecule has 1 saturated carbocycles. The molecule has 2 aliphatic rings. The van der Waals surface area contributed by atoms with Gasteiger partial charge in [0.25, 0.3) is 0 Å². The Hall–Kier alpha value is -3.04. The van der Waals surface area contributed by atoms with Crippen LogP contribution in [0.5, 0.6) is 0 Å². The van der Waals surface area contributed by atoms with Gasteiger partial charge in [-0.25, -0.2) is 13.4 Å². The summed E-state index contributed by atoms with van der Waals surface area (Å²) in [6.07, 6.45) is 10.2. The van der Waals surface area contributed by atoms with E-state index in [0.29, 0.717) is 11.7 Å². The van der Waals surface area contributed by atoms with Crippen molar-refractivity contribution < 1.29 is 17.9 Å². The molecule has 1 saturated heterocycles. The first-order valence-electron chi connectivity index (χ1n) is 12.6. The monoisotopic (exact) mass is 508 g/mol. The van der Waals surface area contributed by atoms with Gasteiger partial charge in [0.1, 0.15) is 5.82 Å². The topological polar surface area (TPSA) is 110 Å². The lowest BCUT2D eigenvalue weighted by Gasteiger charge is -2.30. The lowest BCUT2D eigenvalue weighted by Crippen LogP contribution is -2.42. The number of nitrogens with one attached hydrogen (secondary N) is 2. The molecule has 2 N–H and O–H groups in total. The average molecular weight is 509 g/mol. The van der Waals surface area contributed by atoms with Crippen LogP contribution in [0.2, 0.25) is 0 Å². The summed E-state index contributed by atoms with van der Waals surface area (Å²) >= 11 is 0. The molecule has 0 spiro atoms. The van der Waals surface area contributed by atoms with Gasteiger partial charge in [0.2, 0.25) is 5.91 Å². The van der Waals surface area contributed by atoms with Crippen molar-refractivity contribution in [2.45, 2.75) is 55.4 Å². The normalized spacial score (nSPS) is 21.2. The van der Waals surface area contributed by atoms with Gasteiger partial charge in [0.15, 0.2) is 9.84 Å². The molecule has 1 aromatic carbocycles. The molecule has 0 bridgehead atoms. The molecule has 1 amide bonds. The Morgan fingerprint density at radius 3 is 2.39 bits per heavy atom. The molecule has 9 heteroatoms. The first kappa shape index (κ1) is 24.6. The smallest absolute Gasteiger partial charge is 0.223 e. The number of carbonyl (C=O) groups excluding carboxylic acids is 1. The molecule has 2 aromatic heterocycles. The van der Waals surface area contributed by atoms with Crippen LogP contribution in [0.25, 0.3) is 10.8 Å². The van der Waals surface area contributed by atoms with Gasteiger partial charge < -0.3 is 15.4 Å². The third kappa shape index (κ3) is 5.68. The Kier molecular flexibility index (Phi) is 7.20. The summed E-state index contributed by atoms with van der Waals surface area (Å²) in [6, 6.07) is 10.9. The highest BCUT2D eigenvalue weighted by atomic mass is 32.2. The van der Waals surface area contributed by atoms with Gasteiger partial charge in [0, 0.05) is 66.2 Å². The van der Waals surface area contributed by atoms with Gasteiger partial charge in [-0.15, -0.1) is 0 Å². The summed E-state index contributed by atoms with van der Waals surface area (Å²) in [5.41, 5.74) is 1.81. The predicted octanol–water partition coefficient (Wildman–Crippen LogP) is 4.35. The van der Waals surface area contributed by atoms with Gasteiger partial charge in [-0.2, -0.15) is 0 Å². The molecule has 0 radical (unpaired) electrons. The van der Waals surface area contributed by atoms with Crippen molar-refractivity contribution in [1.82, 2.24) is 15.3 Å². The number of hydrogen-bond acceptors (Lipinski definition) is 7.